The smallest absolute Gasteiger partial charge is 0.242 e. The molecule has 26 heavy (non-hydrogen) atoms. The van der Waals surface area contributed by atoms with E-state index in [-0.39, 0.29) is 24.1 Å². The number of carbonyl (C=O) groups excluding carboxylic acids is 3. The highest BCUT2D eigenvalue weighted by atomic mass is 16.2. The standard InChI is InChI=1S/C20H27N3O3/c1-2-3-5-14-7-9-16(10-8-14)23-13-15(12-18(23)24)19(25)22-17-6-4-11-21-20(17)26/h7-10,15,17H,2-6,11-13H2,1H3,(H,21,26)(H,22,25). The van der Waals surface area contributed by atoms with Crippen molar-refractivity contribution in [3.8, 4) is 0 Å². The first kappa shape index (κ1) is 18.4. The van der Waals surface area contributed by atoms with Crippen LogP contribution in [-0.2, 0) is 20.8 Å². The van der Waals surface area contributed by atoms with Crippen LogP contribution in [0.5, 0.6) is 0 Å². The van der Waals surface area contributed by atoms with Gasteiger partial charge in [0.25, 0.3) is 0 Å². The second-order valence-electron chi connectivity index (χ2n) is 7.17. The molecule has 0 spiro atoms. The van der Waals surface area contributed by atoms with E-state index in [1.54, 1.807) is 4.90 Å². The van der Waals surface area contributed by atoms with E-state index < -0.39 is 12.0 Å². The van der Waals surface area contributed by atoms with Crippen LogP contribution in [0.3, 0.4) is 0 Å². The van der Waals surface area contributed by atoms with Gasteiger partial charge in [-0.25, -0.2) is 0 Å². The van der Waals surface area contributed by atoms with Crippen LogP contribution in [0.15, 0.2) is 24.3 Å². The Morgan fingerprint density at radius 2 is 2.04 bits per heavy atom. The van der Waals surface area contributed by atoms with Crippen LogP contribution in [0, 0.1) is 5.92 Å². The molecular weight excluding hydrogens is 330 g/mol. The number of piperidine rings is 1. The van der Waals surface area contributed by atoms with Crippen molar-refractivity contribution in [1.29, 1.82) is 0 Å². The van der Waals surface area contributed by atoms with Crippen molar-refractivity contribution in [2.45, 2.75) is 51.5 Å². The van der Waals surface area contributed by atoms with Crippen molar-refractivity contribution < 1.29 is 14.4 Å². The van der Waals surface area contributed by atoms with Gasteiger partial charge in [-0.2, -0.15) is 0 Å². The number of nitrogens with one attached hydrogen (secondary N) is 2. The van der Waals surface area contributed by atoms with Gasteiger partial charge in [0.1, 0.15) is 6.04 Å². The molecule has 6 nitrogen and oxygen atoms in total. The van der Waals surface area contributed by atoms with E-state index in [9.17, 15) is 14.4 Å². The van der Waals surface area contributed by atoms with Crippen molar-refractivity contribution in [1.82, 2.24) is 10.6 Å². The number of hydrogen-bond donors (Lipinski definition) is 2. The van der Waals surface area contributed by atoms with Crippen molar-refractivity contribution in [3.63, 3.8) is 0 Å². The number of aryl methyl sites for hydroxylation is 1. The van der Waals surface area contributed by atoms with Gasteiger partial charge in [-0.3, -0.25) is 14.4 Å². The minimum atomic E-state index is -0.474. The summed E-state index contributed by atoms with van der Waals surface area (Å²) in [6.07, 6.45) is 5.05. The monoisotopic (exact) mass is 357 g/mol. The number of unbranched alkanes of at least 4 members (excludes halogenated alkanes) is 1. The van der Waals surface area contributed by atoms with Gasteiger partial charge in [-0.1, -0.05) is 25.5 Å². The molecule has 0 radical (unpaired) electrons. The fraction of sp³-hybridized carbons (Fsp3) is 0.550. The molecular formula is C20H27N3O3. The summed E-state index contributed by atoms with van der Waals surface area (Å²) in [6, 6.07) is 7.55. The minimum absolute atomic E-state index is 0.0421. The zero-order chi connectivity index (χ0) is 18.5. The largest absolute Gasteiger partial charge is 0.354 e. The molecule has 2 fully saturated rings. The molecule has 3 rings (SSSR count). The molecule has 1 aromatic rings. The van der Waals surface area contributed by atoms with Crippen LogP contribution >= 0.6 is 0 Å². The average molecular weight is 357 g/mol. The van der Waals surface area contributed by atoms with Crippen LogP contribution in [0.2, 0.25) is 0 Å². The number of amides is 3. The maximum absolute atomic E-state index is 12.5. The van der Waals surface area contributed by atoms with Gasteiger partial charge < -0.3 is 15.5 Å². The maximum Gasteiger partial charge on any atom is 0.242 e. The Balaban J connectivity index is 1.59. The molecule has 2 aliphatic rings. The quantitative estimate of drug-likeness (QED) is 0.814. The van der Waals surface area contributed by atoms with E-state index >= 15 is 0 Å². The molecule has 2 N–H and O–H groups in total. The molecule has 2 aliphatic heterocycles. The summed E-state index contributed by atoms with van der Waals surface area (Å²) in [5, 5.41) is 5.57. The lowest BCUT2D eigenvalue weighted by molar-refractivity contribution is -0.132. The lowest BCUT2D eigenvalue weighted by Gasteiger charge is -2.24. The van der Waals surface area contributed by atoms with E-state index in [4.69, 9.17) is 0 Å². The summed E-state index contributed by atoms with van der Waals surface area (Å²) in [6.45, 7) is 3.20. The summed E-state index contributed by atoms with van der Waals surface area (Å²) in [5.41, 5.74) is 2.10. The molecule has 0 aliphatic carbocycles. The Morgan fingerprint density at radius 3 is 2.73 bits per heavy atom. The van der Waals surface area contributed by atoms with E-state index in [0.29, 0.717) is 19.5 Å². The van der Waals surface area contributed by atoms with Crippen molar-refractivity contribution in [2.24, 2.45) is 5.92 Å². The molecule has 6 heteroatoms. The number of rotatable bonds is 6. The Kier molecular flexibility index (Phi) is 5.91. The van der Waals surface area contributed by atoms with Gasteiger partial charge in [0.15, 0.2) is 0 Å². The third-order valence-electron chi connectivity index (χ3n) is 5.16. The Bertz CT molecular complexity index is 671. The Hall–Kier alpha value is -2.37. The highest BCUT2D eigenvalue weighted by Crippen LogP contribution is 2.26. The van der Waals surface area contributed by atoms with Gasteiger partial charge >= 0.3 is 0 Å². The van der Waals surface area contributed by atoms with Crippen LogP contribution < -0.4 is 15.5 Å². The fourth-order valence-corrected chi connectivity index (χ4v) is 3.56. The molecule has 140 valence electrons. The molecule has 0 aromatic heterocycles. The molecule has 0 saturated carbocycles. The van der Waals surface area contributed by atoms with Gasteiger partial charge in [0, 0.05) is 25.2 Å². The van der Waals surface area contributed by atoms with E-state index in [2.05, 4.69) is 29.7 Å². The van der Waals surface area contributed by atoms with E-state index in [0.717, 1.165) is 31.4 Å². The first-order valence-corrected chi connectivity index (χ1v) is 9.56. The number of nitrogens with zero attached hydrogens (tertiary/aromatic N) is 1. The van der Waals surface area contributed by atoms with Crippen molar-refractivity contribution in [3.05, 3.63) is 29.8 Å². The number of benzene rings is 1. The second-order valence-corrected chi connectivity index (χ2v) is 7.17. The summed E-state index contributed by atoms with van der Waals surface area (Å²) in [4.78, 5) is 38.3. The summed E-state index contributed by atoms with van der Waals surface area (Å²) >= 11 is 0. The van der Waals surface area contributed by atoms with E-state index in [1.807, 2.05) is 12.1 Å². The number of anilines is 1. The van der Waals surface area contributed by atoms with Crippen molar-refractivity contribution in [2.75, 3.05) is 18.0 Å². The summed E-state index contributed by atoms with van der Waals surface area (Å²) < 4.78 is 0. The molecule has 2 saturated heterocycles. The molecule has 0 bridgehead atoms. The normalized spacial score (nSPS) is 23.0. The van der Waals surface area contributed by atoms with E-state index in [1.165, 1.54) is 5.56 Å². The minimum Gasteiger partial charge on any atom is -0.354 e. The first-order chi connectivity index (χ1) is 12.6. The molecule has 2 unspecified atom stereocenters. The van der Waals surface area contributed by atoms with Gasteiger partial charge in [0.05, 0.1) is 5.92 Å². The SMILES string of the molecule is CCCCc1ccc(N2CC(C(=O)NC3CCCNC3=O)CC2=O)cc1. The fourth-order valence-electron chi connectivity index (χ4n) is 3.56. The maximum atomic E-state index is 12.5. The Labute approximate surface area is 154 Å². The predicted octanol–water partition coefficient (Wildman–Crippen LogP) is 1.78. The number of carbonyl (C=O) groups is 3. The topological polar surface area (TPSA) is 78.5 Å². The zero-order valence-corrected chi connectivity index (χ0v) is 15.3. The van der Waals surface area contributed by atoms with Crippen LogP contribution in [0.25, 0.3) is 0 Å². The highest BCUT2D eigenvalue weighted by molar-refractivity contribution is 6.01. The Morgan fingerprint density at radius 1 is 1.27 bits per heavy atom. The van der Waals surface area contributed by atoms with Crippen LogP contribution in [0.4, 0.5) is 5.69 Å². The zero-order valence-electron chi connectivity index (χ0n) is 15.3. The lowest BCUT2D eigenvalue weighted by Crippen LogP contribution is -2.51. The lowest BCUT2D eigenvalue weighted by atomic mass is 10.0. The van der Waals surface area contributed by atoms with Crippen LogP contribution in [-0.4, -0.2) is 36.9 Å². The summed E-state index contributed by atoms with van der Waals surface area (Å²) in [7, 11) is 0. The van der Waals surface area contributed by atoms with Gasteiger partial charge in [0.2, 0.25) is 17.7 Å². The first-order valence-electron chi connectivity index (χ1n) is 9.56. The van der Waals surface area contributed by atoms with Crippen LogP contribution in [0.1, 0.15) is 44.6 Å². The molecule has 3 amide bonds. The molecule has 2 atom stereocenters. The summed E-state index contributed by atoms with van der Waals surface area (Å²) in [5.74, 6) is -0.785. The second kappa shape index (κ2) is 8.34. The van der Waals surface area contributed by atoms with Gasteiger partial charge in [-0.05, 0) is 43.4 Å². The number of hydrogen-bond acceptors (Lipinski definition) is 3. The third kappa shape index (κ3) is 4.23. The predicted molar refractivity (Wildman–Crippen MR) is 99.7 cm³/mol. The molecule has 2 heterocycles. The van der Waals surface area contributed by atoms with Crippen molar-refractivity contribution >= 4 is 23.4 Å². The van der Waals surface area contributed by atoms with Gasteiger partial charge in [-0.15, -0.1) is 0 Å². The molecule has 1 aromatic carbocycles. The average Bonchev–Trinajstić information content (AvgIpc) is 3.04. The third-order valence-corrected chi connectivity index (χ3v) is 5.16. The highest BCUT2D eigenvalue weighted by Gasteiger charge is 2.36.